The molecule has 4 aromatic rings. The van der Waals surface area contributed by atoms with Crippen molar-refractivity contribution in [3.63, 3.8) is 0 Å². The third-order valence-corrected chi connectivity index (χ3v) is 5.21. The summed E-state index contributed by atoms with van der Waals surface area (Å²) in [6.45, 7) is 1.97. The van der Waals surface area contributed by atoms with Gasteiger partial charge < -0.3 is 10.3 Å². The molecule has 134 valence electrons. The van der Waals surface area contributed by atoms with Crippen molar-refractivity contribution < 1.29 is 4.79 Å². The molecule has 4 rings (SSSR count). The summed E-state index contributed by atoms with van der Waals surface area (Å²) in [6, 6.07) is 13.3. The van der Waals surface area contributed by atoms with Gasteiger partial charge in [-0.05, 0) is 36.2 Å². The zero-order valence-corrected chi connectivity index (χ0v) is 15.9. The predicted octanol–water partition coefficient (Wildman–Crippen LogP) is 5.41. The van der Waals surface area contributed by atoms with Crippen molar-refractivity contribution in [1.82, 2.24) is 15.0 Å². The highest BCUT2D eigenvalue weighted by atomic mass is 35.5. The largest absolute Gasteiger partial charge is 0.338 e. The van der Waals surface area contributed by atoms with Gasteiger partial charge in [0.15, 0.2) is 0 Å². The van der Waals surface area contributed by atoms with Gasteiger partial charge in [-0.3, -0.25) is 4.79 Å². The number of hydrogen-bond acceptors (Lipinski definition) is 4. The molecular formula is C20H15ClN4OS. The molecule has 2 aromatic carbocycles. The number of carbonyl (C=O) groups excluding carboxylic acids is 1. The first-order valence-electron chi connectivity index (χ1n) is 8.22. The van der Waals surface area contributed by atoms with Gasteiger partial charge >= 0.3 is 0 Å². The van der Waals surface area contributed by atoms with Crippen molar-refractivity contribution in [1.29, 1.82) is 0 Å². The van der Waals surface area contributed by atoms with E-state index < -0.39 is 0 Å². The van der Waals surface area contributed by atoms with Crippen LogP contribution in [0.15, 0.2) is 59.6 Å². The second-order valence-electron chi connectivity index (χ2n) is 5.96. The molecule has 0 unspecified atom stereocenters. The fraction of sp³-hybridized carbons (Fsp3) is 0.0500. The van der Waals surface area contributed by atoms with Gasteiger partial charge in [0.1, 0.15) is 11.5 Å². The summed E-state index contributed by atoms with van der Waals surface area (Å²) in [4.78, 5) is 23.9. The number of aromatic amines is 1. The summed E-state index contributed by atoms with van der Waals surface area (Å²) in [6.07, 6.45) is 1.79. The van der Waals surface area contributed by atoms with Crippen molar-refractivity contribution in [3.8, 4) is 22.6 Å². The van der Waals surface area contributed by atoms with E-state index >= 15 is 0 Å². The SMILES string of the molecule is Cc1c(Cl)cccc1-c1ncc(-c2ccc(NC(=O)c3cscn3)cc2)[nH]1. The van der Waals surface area contributed by atoms with E-state index in [0.717, 1.165) is 28.2 Å². The summed E-state index contributed by atoms with van der Waals surface area (Å²) in [5.41, 5.74) is 6.58. The number of nitrogens with one attached hydrogen (secondary N) is 2. The van der Waals surface area contributed by atoms with Crippen LogP contribution >= 0.6 is 22.9 Å². The molecule has 0 aliphatic heterocycles. The van der Waals surface area contributed by atoms with Gasteiger partial charge in [0.05, 0.1) is 17.4 Å². The number of benzene rings is 2. The quantitative estimate of drug-likeness (QED) is 0.485. The monoisotopic (exact) mass is 394 g/mol. The van der Waals surface area contributed by atoms with Crippen LogP contribution < -0.4 is 5.32 Å². The lowest BCUT2D eigenvalue weighted by molar-refractivity contribution is 0.102. The number of rotatable bonds is 4. The topological polar surface area (TPSA) is 70.7 Å². The zero-order valence-electron chi connectivity index (χ0n) is 14.4. The van der Waals surface area contributed by atoms with Crippen LogP contribution in [0.2, 0.25) is 5.02 Å². The van der Waals surface area contributed by atoms with Gasteiger partial charge in [-0.25, -0.2) is 9.97 Å². The van der Waals surface area contributed by atoms with E-state index in [1.54, 1.807) is 17.1 Å². The highest BCUT2D eigenvalue weighted by molar-refractivity contribution is 7.07. The molecule has 0 saturated carbocycles. The number of hydrogen-bond donors (Lipinski definition) is 2. The summed E-state index contributed by atoms with van der Waals surface area (Å²) < 4.78 is 0. The van der Waals surface area contributed by atoms with Crippen molar-refractivity contribution in [2.24, 2.45) is 0 Å². The highest BCUT2D eigenvalue weighted by Gasteiger charge is 2.11. The van der Waals surface area contributed by atoms with Gasteiger partial charge in [-0.15, -0.1) is 11.3 Å². The van der Waals surface area contributed by atoms with Crippen LogP contribution in [0.3, 0.4) is 0 Å². The average Bonchev–Trinajstić information content (AvgIpc) is 3.36. The van der Waals surface area contributed by atoms with Crippen LogP contribution in [-0.4, -0.2) is 20.9 Å². The third-order valence-electron chi connectivity index (χ3n) is 4.22. The first-order chi connectivity index (χ1) is 13.1. The smallest absolute Gasteiger partial charge is 0.275 e. The Balaban J connectivity index is 1.54. The van der Waals surface area contributed by atoms with Gasteiger partial charge in [0.2, 0.25) is 0 Å². The number of nitrogens with zero attached hydrogens (tertiary/aromatic N) is 2. The number of H-pyrrole nitrogens is 1. The normalized spacial score (nSPS) is 10.7. The van der Waals surface area contributed by atoms with Crippen molar-refractivity contribution in [2.75, 3.05) is 5.32 Å². The van der Waals surface area contributed by atoms with E-state index in [1.165, 1.54) is 11.3 Å². The molecule has 2 heterocycles. The maximum Gasteiger partial charge on any atom is 0.275 e. The Bertz CT molecular complexity index is 1090. The van der Waals surface area contributed by atoms with E-state index in [-0.39, 0.29) is 5.91 Å². The van der Waals surface area contributed by atoms with Gasteiger partial charge in [0, 0.05) is 21.7 Å². The Hall–Kier alpha value is -2.96. The minimum Gasteiger partial charge on any atom is -0.338 e. The summed E-state index contributed by atoms with van der Waals surface area (Å²) in [5.74, 6) is 0.551. The molecule has 0 bridgehead atoms. The molecule has 0 fully saturated rings. The van der Waals surface area contributed by atoms with Crippen LogP contribution in [0.25, 0.3) is 22.6 Å². The molecule has 0 aliphatic rings. The fourth-order valence-corrected chi connectivity index (χ4v) is 3.43. The Morgan fingerprint density at radius 1 is 1.15 bits per heavy atom. The molecule has 1 amide bonds. The van der Waals surface area contributed by atoms with E-state index in [0.29, 0.717) is 16.4 Å². The van der Waals surface area contributed by atoms with Crippen LogP contribution in [0.1, 0.15) is 16.1 Å². The van der Waals surface area contributed by atoms with E-state index in [4.69, 9.17) is 11.6 Å². The Labute approximate surface area is 165 Å². The first kappa shape index (κ1) is 17.5. The van der Waals surface area contributed by atoms with Gasteiger partial charge in [-0.2, -0.15) is 0 Å². The molecule has 2 N–H and O–H groups in total. The van der Waals surface area contributed by atoms with E-state index in [2.05, 4.69) is 20.3 Å². The summed E-state index contributed by atoms with van der Waals surface area (Å²) in [7, 11) is 0. The molecule has 0 saturated heterocycles. The van der Waals surface area contributed by atoms with Gasteiger partial charge in [0.25, 0.3) is 5.91 Å². The van der Waals surface area contributed by atoms with Crippen LogP contribution in [0, 0.1) is 6.92 Å². The van der Waals surface area contributed by atoms with Crippen LogP contribution in [0.4, 0.5) is 5.69 Å². The number of aromatic nitrogens is 3. The lowest BCUT2D eigenvalue weighted by Crippen LogP contribution is -2.11. The Kier molecular flexibility index (Phi) is 4.75. The Morgan fingerprint density at radius 2 is 1.96 bits per heavy atom. The number of anilines is 1. The number of imidazole rings is 1. The zero-order chi connectivity index (χ0) is 18.8. The molecule has 0 radical (unpaired) electrons. The average molecular weight is 395 g/mol. The van der Waals surface area contributed by atoms with Crippen LogP contribution in [0.5, 0.6) is 0 Å². The number of thiazole rings is 1. The fourth-order valence-electron chi connectivity index (χ4n) is 2.72. The lowest BCUT2D eigenvalue weighted by Gasteiger charge is -2.05. The number of halogens is 1. The Morgan fingerprint density at radius 3 is 2.70 bits per heavy atom. The third kappa shape index (κ3) is 3.63. The standard InChI is InChI=1S/C20H15ClN4OS/c1-12-15(3-2-4-16(12)21)19-22-9-17(25-19)13-5-7-14(8-6-13)24-20(26)18-10-27-11-23-18/h2-11H,1H3,(H,22,25)(H,24,26). The molecule has 5 nitrogen and oxygen atoms in total. The second-order valence-corrected chi connectivity index (χ2v) is 7.09. The van der Waals surface area contributed by atoms with Crippen molar-refractivity contribution in [2.45, 2.75) is 6.92 Å². The molecule has 0 atom stereocenters. The maximum atomic E-state index is 12.1. The van der Waals surface area contributed by atoms with Crippen LogP contribution in [-0.2, 0) is 0 Å². The van der Waals surface area contributed by atoms with E-state index in [1.807, 2.05) is 49.4 Å². The maximum absolute atomic E-state index is 12.1. The second kappa shape index (κ2) is 7.34. The minimum absolute atomic E-state index is 0.218. The highest BCUT2D eigenvalue weighted by Crippen LogP contribution is 2.28. The summed E-state index contributed by atoms with van der Waals surface area (Å²) in [5, 5.41) is 5.26. The summed E-state index contributed by atoms with van der Waals surface area (Å²) >= 11 is 7.59. The lowest BCUT2D eigenvalue weighted by atomic mass is 10.1. The number of amides is 1. The van der Waals surface area contributed by atoms with Gasteiger partial charge in [-0.1, -0.05) is 35.9 Å². The minimum atomic E-state index is -0.218. The molecule has 2 aromatic heterocycles. The predicted molar refractivity (Wildman–Crippen MR) is 109 cm³/mol. The van der Waals surface area contributed by atoms with Crippen molar-refractivity contribution >= 4 is 34.5 Å². The van der Waals surface area contributed by atoms with E-state index in [9.17, 15) is 4.79 Å². The molecule has 0 spiro atoms. The molecular weight excluding hydrogens is 380 g/mol. The molecule has 7 heteroatoms. The molecule has 0 aliphatic carbocycles. The number of carbonyl (C=O) groups is 1. The van der Waals surface area contributed by atoms with Crippen molar-refractivity contribution in [3.05, 3.63) is 75.8 Å². The first-order valence-corrected chi connectivity index (χ1v) is 9.54. The molecule has 27 heavy (non-hydrogen) atoms.